The maximum Gasteiger partial charge on any atom is 0.435 e. The van der Waals surface area contributed by atoms with E-state index in [9.17, 15) is 18.0 Å². The van der Waals surface area contributed by atoms with E-state index in [1.54, 1.807) is 24.0 Å². The summed E-state index contributed by atoms with van der Waals surface area (Å²) in [7, 11) is 1.77. The summed E-state index contributed by atoms with van der Waals surface area (Å²) in [5, 5.41) is 10.4. The Labute approximate surface area is 136 Å². The molecule has 1 N–H and O–H groups in total. The van der Waals surface area contributed by atoms with Gasteiger partial charge in [-0.15, -0.1) is 0 Å². The highest BCUT2D eigenvalue weighted by molar-refractivity contribution is 5.75. The molecule has 0 aromatic carbocycles. The van der Waals surface area contributed by atoms with E-state index in [0.29, 0.717) is 12.2 Å². The molecular formula is C15H18F3N5O. The van der Waals surface area contributed by atoms with Crippen LogP contribution in [0.1, 0.15) is 42.3 Å². The molecule has 2 aromatic heterocycles. The minimum absolute atomic E-state index is 0.0799. The summed E-state index contributed by atoms with van der Waals surface area (Å²) in [4.78, 5) is 11.9. The molecule has 9 heteroatoms. The van der Waals surface area contributed by atoms with E-state index in [0.717, 1.165) is 24.6 Å². The molecule has 0 bridgehead atoms. The van der Waals surface area contributed by atoms with E-state index in [1.807, 2.05) is 0 Å². The predicted molar refractivity (Wildman–Crippen MR) is 78.9 cm³/mol. The SMILES string of the molecule is Cn1nccc1CNC(=O)CCn1nc(C(F)(F)F)cc1C1CC1. The molecule has 0 radical (unpaired) electrons. The van der Waals surface area contributed by atoms with Gasteiger partial charge < -0.3 is 5.32 Å². The van der Waals surface area contributed by atoms with E-state index in [-0.39, 0.29) is 24.8 Å². The van der Waals surface area contributed by atoms with Crippen molar-refractivity contribution in [2.75, 3.05) is 0 Å². The lowest BCUT2D eigenvalue weighted by Gasteiger charge is -2.08. The fraction of sp³-hybridized carbons (Fsp3) is 0.533. The van der Waals surface area contributed by atoms with Crippen molar-refractivity contribution in [1.29, 1.82) is 0 Å². The normalized spacial score (nSPS) is 14.8. The first-order valence-corrected chi connectivity index (χ1v) is 7.73. The van der Waals surface area contributed by atoms with E-state index >= 15 is 0 Å². The van der Waals surface area contributed by atoms with Gasteiger partial charge in [-0.05, 0) is 25.0 Å². The molecule has 24 heavy (non-hydrogen) atoms. The van der Waals surface area contributed by atoms with E-state index in [4.69, 9.17) is 0 Å². The zero-order valence-corrected chi connectivity index (χ0v) is 13.2. The van der Waals surface area contributed by atoms with Gasteiger partial charge in [-0.25, -0.2) is 0 Å². The maximum atomic E-state index is 12.8. The van der Waals surface area contributed by atoms with Crippen LogP contribution < -0.4 is 5.32 Å². The van der Waals surface area contributed by atoms with Crippen molar-refractivity contribution >= 4 is 5.91 Å². The van der Waals surface area contributed by atoms with Gasteiger partial charge in [-0.1, -0.05) is 0 Å². The summed E-state index contributed by atoms with van der Waals surface area (Å²) in [5.74, 6) is -0.104. The van der Waals surface area contributed by atoms with Gasteiger partial charge in [0.05, 0.1) is 12.2 Å². The van der Waals surface area contributed by atoms with Crippen LogP contribution in [0.2, 0.25) is 0 Å². The third kappa shape index (κ3) is 3.77. The molecule has 2 heterocycles. The maximum absolute atomic E-state index is 12.8. The average molecular weight is 341 g/mol. The highest BCUT2D eigenvalue weighted by atomic mass is 19.4. The first-order valence-electron chi connectivity index (χ1n) is 7.73. The number of carbonyl (C=O) groups excluding carboxylic acids is 1. The van der Waals surface area contributed by atoms with Crippen LogP contribution in [0.25, 0.3) is 0 Å². The average Bonchev–Trinajstić information content (AvgIpc) is 3.12. The molecule has 0 saturated heterocycles. The van der Waals surface area contributed by atoms with E-state index in [1.165, 1.54) is 4.68 Å². The van der Waals surface area contributed by atoms with E-state index < -0.39 is 11.9 Å². The molecule has 1 saturated carbocycles. The van der Waals surface area contributed by atoms with Crippen LogP contribution in [-0.2, 0) is 31.1 Å². The quantitative estimate of drug-likeness (QED) is 0.876. The molecule has 6 nitrogen and oxygen atoms in total. The van der Waals surface area contributed by atoms with Crippen molar-refractivity contribution in [2.45, 2.75) is 44.4 Å². The lowest BCUT2D eigenvalue weighted by molar-refractivity contribution is -0.141. The number of aryl methyl sites for hydroxylation is 2. The predicted octanol–water partition coefficient (Wildman–Crippen LogP) is 2.22. The first kappa shape index (κ1) is 16.5. The Hall–Kier alpha value is -2.32. The number of hydrogen-bond acceptors (Lipinski definition) is 3. The fourth-order valence-corrected chi connectivity index (χ4v) is 2.52. The van der Waals surface area contributed by atoms with Gasteiger partial charge in [0.1, 0.15) is 0 Å². The molecule has 1 aliphatic carbocycles. The summed E-state index contributed by atoms with van der Waals surface area (Å²) in [6.07, 6.45) is -1.01. The molecule has 1 amide bonds. The Bertz CT molecular complexity index is 730. The van der Waals surface area contributed by atoms with Crippen LogP contribution in [0.3, 0.4) is 0 Å². The second-order valence-electron chi connectivity index (χ2n) is 5.92. The molecule has 0 spiro atoms. The van der Waals surface area contributed by atoms with Crippen LogP contribution in [-0.4, -0.2) is 25.5 Å². The number of nitrogens with one attached hydrogen (secondary N) is 1. The van der Waals surface area contributed by atoms with Crippen LogP contribution in [0.4, 0.5) is 13.2 Å². The minimum Gasteiger partial charge on any atom is -0.350 e. The Morgan fingerprint density at radius 2 is 2.17 bits per heavy atom. The number of carbonyl (C=O) groups is 1. The van der Waals surface area contributed by atoms with Gasteiger partial charge in [-0.2, -0.15) is 23.4 Å². The fourth-order valence-electron chi connectivity index (χ4n) is 2.52. The Balaban J connectivity index is 1.58. The molecule has 3 rings (SSSR count). The number of alkyl halides is 3. The van der Waals surface area contributed by atoms with Crippen LogP contribution >= 0.6 is 0 Å². The third-order valence-electron chi connectivity index (χ3n) is 4.04. The largest absolute Gasteiger partial charge is 0.435 e. The molecule has 0 unspecified atom stereocenters. The van der Waals surface area contributed by atoms with Gasteiger partial charge in [0.2, 0.25) is 5.91 Å². The van der Waals surface area contributed by atoms with Gasteiger partial charge in [-0.3, -0.25) is 14.2 Å². The number of aromatic nitrogens is 4. The lowest BCUT2D eigenvalue weighted by atomic mass is 10.2. The topological polar surface area (TPSA) is 64.7 Å². The van der Waals surface area contributed by atoms with Crippen molar-refractivity contribution < 1.29 is 18.0 Å². The minimum atomic E-state index is -4.46. The first-order chi connectivity index (χ1) is 11.3. The van der Waals surface area contributed by atoms with Crippen LogP contribution in [0, 0.1) is 0 Å². The highest BCUT2D eigenvalue weighted by Gasteiger charge is 2.37. The number of halogens is 3. The monoisotopic (exact) mass is 341 g/mol. The molecule has 0 aliphatic heterocycles. The highest BCUT2D eigenvalue weighted by Crippen LogP contribution is 2.42. The number of amides is 1. The van der Waals surface area contributed by atoms with E-state index in [2.05, 4.69) is 15.5 Å². The van der Waals surface area contributed by atoms with Crippen molar-refractivity contribution in [3.05, 3.63) is 35.4 Å². The second-order valence-corrected chi connectivity index (χ2v) is 5.92. The third-order valence-corrected chi connectivity index (χ3v) is 4.04. The Morgan fingerprint density at radius 3 is 2.75 bits per heavy atom. The standard InChI is InChI=1S/C15H18F3N5O/c1-22-11(4-6-20-22)9-19-14(24)5-7-23-12(10-2-3-10)8-13(21-23)15(16,17)18/h4,6,8,10H,2-3,5,7,9H2,1H3,(H,19,24). The van der Waals surface area contributed by atoms with Crippen molar-refractivity contribution in [2.24, 2.45) is 7.05 Å². The molecule has 1 aliphatic rings. The number of nitrogens with zero attached hydrogens (tertiary/aromatic N) is 4. The molecule has 0 atom stereocenters. The summed E-state index contributed by atoms with van der Waals surface area (Å²) < 4.78 is 41.4. The Morgan fingerprint density at radius 1 is 1.42 bits per heavy atom. The second kappa shape index (κ2) is 6.29. The number of hydrogen-bond donors (Lipinski definition) is 1. The summed E-state index contributed by atoms with van der Waals surface area (Å²) in [6.45, 7) is 0.469. The summed E-state index contributed by atoms with van der Waals surface area (Å²) in [6, 6.07) is 2.89. The lowest BCUT2D eigenvalue weighted by Crippen LogP contribution is -2.25. The van der Waals surface area contributed by atoms with Gasteiger partial charge in [0, 0.05) is 37.8 Å². The summed E-state index contributed by atoms with van der Waals surface area (Å²) in [5.41, 5.74) is 0.530. The smallest absolute Gasteiger partial charge is 0.350 e. The Kier molecular flexibility index (Phi) is 4.33. The molecule has 130 valence electrons. The van der Waals surface area contributed by atoms with Gasteiger partial charge in [0.25, 0.3) is 0 Å². The zero-order valence-electron chi connectivity index (χ0n) is 13.2. The summed E-state index contributed by atoms with van der Waals surface area (Å²) >= 11 is 0. The van der Waals surface area contributed by atoms with Crippen molar-refractivity contribution in [3.63, 3.8) is 0 Å². The molecule has 1 fully saturated rings. The molecular weight excluding hydrogens is 323 g/mol. The van der Waals surface area contributed by atoms with Crippen LogP contribution in [0.5, 0.6) is 0 Å². The van der Waals surface area contributed by atoms with Crippen molar-refractivity contribution in [3.8, 4) is 0 Å². The van der Waals surface area contributed by atoms with Crippen molar-refractivity contribution in [1.82, 2.24) is 24.9 Å². The molecule has 2 aromatic rings. The number of rotatable bonds is 6. The van der Waals surface area contributed by atoms with Gasteiger partial charge >= 0.3 is 6.18 Å². The van der Waals surface area contributed by atoms with Crippen LogP contribution in [0.15, 0.2) is 18.3 Å². The zero-order chi connectivity index (χ0) is 17.3. The van der Waals surface area contributed by atoms with Gasteiger partial charge in [0.15, 0.2) is 5.69 Å².